The molecular weight excluding hydrogens is 180 g/mol. The topological polar surface area (TPSA) is 0 Å². The molecule has 0 heterocycles. The summed E-state index contributed by atoms with van der Waals surface area (Å²) in [6.45, 7) is 4.53. The van der Waals surface area contributed by atoms with E-state index in [0.29, 0.717) is 0 Å². The van der Waals surface area contributed by atoms with Crippen molar-refractivity contribution in [3.05, 3.63) is 0 Å². The Bertz CT molecular complexity index is 74.7. The molecule has 0 saturated heterocycles. The fourth-order valence-electron chi connectivity index (χ4n) is 2.09. The second-order valence-corrected chi connectivity index (χ2v) is 4.89. The van der Waals surface area contributed by atoms with Crippen LogP contribution in [0.25, 0.3) is 0 Å². The highest BCUT2D eigenvalue weighted by atomic mass is 14.0. The van der Waals surface area contributed by atoms with Crippen LogP contribution in [-0.4, -0.2) is 0 Å². The molecule has 0 aliphatic heterocycles. The third-order valence-electron chi connectivity index (χ3n) is 3.21. The zero-order valence-electron chi connectivity index (χ0n) is 11.2. The van der Waals surface area contributed by atoms with E-state index in [1.807, 2.05) is 0 Å². The molecule has 1 aliphatic rings. The Morgan fingerprint density at radius 1 is 0.467 bits per heavy atom. The molecular formula is C15H32. The molecule has 92 valence electrons. The summed E-state index contributed by atoms with van der Waals surface area (Å²) in [5.41, 5.74) is 0. The smallest absolute Gasteiger partial charge is 0.0533 e. The van der Waals surface area contributed by atoms with E-state index in [1.54, 1.807) is 0 Å². The van der Waals surface area contributed by atoms with Crippen molar-refractivity contribution in [2.75, 3.05) is 0 Å². The van der Waals surface area contributed by atoms with Gasteiger partial charge in [0.25, 0.3) is 0 Å². The van der Waals surface area contributed by atoms with Crippen LogP contribution in [0, 0.1) is 0 Å². The van der Waals surface area contributed by atoms with E-state index in [1.165, 1.54) is 83.5 Å². The molecule has 0 aromatic heterocycles. The lowest BCUT2D eigenvalue weighted by molar-refractivity contribution is 0.504. The van der Waals surface area contributed by atoms with Gasteiger partial charge in [0.05, 0.1) is 0 Å². The maximum absolute atomic E-state index is 2.26. The largest absolute Gasteiger partial charge is 0.0654 e. The predicted octanol–water partition coefficient (Wildman–Crippen LogP) is 6.10. The van der Waals surface area contributed by atoms with E-state index in [0.717, 1.165) is 0 Å². The Hall–Kier alpha value is 0. The summed E-state index contributed by atoms with van der Waals surface area (Å²) in [6.07, 6.45) is 19.0. The van der Waals surface area contributed by atoms with Crippen molar-refractivity contribution >= 4 is 0 Å². The molecule has 0 atom stereocenters. The van der Waals surface area contributed by atoms with Crippen LogP contribution in [0.15, 0.2) is 0 Å². The van der Waals surface area contributed by atoms with Gasteiger partial charge in [0, 0.05) is 0 Å². The first kappa shape index (κ1) is 15.0. The molecule has 0 aromatic carbocycles. The second kappa shape index (κ2) is 14.0. The van der Waals surface area contributed by atoms with Crippen molar-refractivity contribution in [1.82, 2.24) is 0 Å². The Morgan fingerprint density at radius 2 is 0.733 bits per heavy atom. The van der Waals surface area contributed by atoms with Gasteiger partial charge < -0.3 is 0 Å². The van der Waals surface area contributed by atoms with E-state index in [4.69, 9.17) is 0 Å². The van der Waals surface area contributed by atoms with E-state index >= 15 is 0 Å². The first-order valence-electron chi connectivity index (χ1n) is 7.41. The van der Waals surface area contributed by atoms with Crippen molar-refractivity contribution in [2.45, 2.75) is 97.3 Å². The van der Waals surface area contributed by atoms with Gasteiger partial charge in [0.15, 0.2) is 0 Å². The van der Waals surface area contributed by atoms with Gasteiger partial charge >= 0.3 is 0 Å². The molecule has 1 fully saturated rings. The molecule has 0 radical (unpaired) electrons. The zero-order chi connectivity index (χ0) is 11.2. The Balaban J connectivity index is 0.000000280. The van der Waals surface area contributed by atoms with Crippen LogP contribution in [0.3, 0.4) is 0 Å². The van der Waals surface area contributed by atoms with Crippen molar-refractivity contribution < 1.29 is 0 Å². The summed E-state index contributed by atoms with van der Waals surface area (Å²) in [5.74, 6) is 0. The molecule has 1 saturated carbocycles. The minimum Gasteiger partial charge on any atom is -0.0654 e. The van der Waals surface area contributed by atoms with Crippen LogP contribution in [0.2, 0.25) is 0 Å². The predicted molar refractivity (Wildman–Crippen MR) is 71.4 cm³/mol. The van der Waals surface area contributed by atoms with Crippen molar-refractivity contribution in [1.29, 1.82) is 0 Å². The van der Waals surface area contributed by atoms with Crippen LogP contribution < -0.4 is 0 Å². The van der Waals surface area contributed by atoms with Crippen LogP contribution >= 0.6 is 0 Å². The molecule has 15 heavy (non-hydrogen) atoms. The molecule has 0 N–H and O–H groups in total. The van der Waals surface area contributed by atoms with E-state index in [9.17, 15) is 0 Å². The van der Waals surface area contributed by atoms with Crippen molar-refractivity contribution in [2.24, 2.45) is 0 Å². The minimum absolute atomic E-state index is 1.37. The molecule has 1 rings (SSSR count). The quantitative estimate of drug-likeness (QED) is 0.467. The molecule has 0 heteroatoms. The van der Waals surface area contributed by atoms with Gasteiger partial charge in [0.2, 0.25) is 0 Å². The standard InChI is InChI=1S/C9H20.C6H12/c1-3-5-7-9-8-6-4-2;1-2-4-6-5-3-1/h3-9H2,1-2H3;1-6H2. The highest BCUT2D eigenvalue weighted by Crippen LogP contribution is 2.15. The number of rotatable bonds is 6. The van der Waals surface area contributed by atoms with Gasteiger partial charge in [-0.25, -0.2) is 0 Å². The Kier molecular flexibility index (Phi) is 14.0. The SMILES string of the molecule is C1CCCCC1.CCCCCCCCC. The van der Waals surface area contributed by atoms with E-state index in [-0.39, 0.29) is 0 Å². The fraction of sp³-hybridized carbons (Fsp3) is 1.00. The molecule has 0 nitrogen and oxygen atoms in total. The summed E-state index contributed by atoms with van der Waals surface area (Å²) in [6, 6.07) is 0. The minimum atomic E-state index is 1.37. The Labute approximate surface area is 97.8 Å². The summed E-state index contributed by atoms with van der Waals surface area (Å²) in [7, 11) is 0. The van der Waals surface area contributed by atoms with Crippen LogP contribution in [0.1, 0.15) is 97.3 Å². The van der Waals surface area contributed by atoms with Gasteiger partial charge in [-0.2, -0.15) is 0 Å². The van der Waals surface area contributed by atoms with Gasteiger partial charge in [0.1, 0.15) is 0 Å². The average molecular weight is 212 g/mol. The van der Waals surface area contributed by atoms with Crippen molar-refractivity contribution in [3.63, 3.8) is 0 Å². The first-order chi connectivity index (χ1) is 7.41. The highest BCUT2D eigenvalue weighted by Gasteiger charge is 1.95. The zero-order valence-corrected chi connectivity index (χ0v) is 11.2. The van der Waals surface area contributed by atoms with Crippen LogP contribution in [0.5, 0.6) is 0 Å². The third-order valence-corrected chi connectivity index (χ3v) is 3.21. The summed E-state index contributed by atoms with van der Waals surface area (Å²) in [5, 5.41) is 0. The molecule has 1 aliphatic carbocycles. The first-order valence-corrected chi connectivity index (χ1v) is 7.41. The lowest BCUT2D eigenvalue weighted by Gasteiger charge is -2.05. The maximum Gasteiger partial charge on any atom is -0.0533 e. The lowest BCUT2D eigenvalue weighted by Crippen LogP contribution is -1.85. The highest BCUT2D eigenvalue weighted by molar-refractivity contribution is 4.51. The summed E-state index contributed by atoms with van der Waals surface area (Å²) in [4.78, 5) is 0. The van der Waals surface area contributed by atoms with Crippen LogP contribution in [-0.2, 0) is 0 Å². The maximum atomic E-state index is 2.26. The van der Waals surface area contributed by atoms with Gasteiger partial charge in [-0.05, 0) is 0 Å². The lowest BCUT2D eigenvalue weighted by atomic mass is 10.0. The van der Waals surface area contributed by atoms with E-state index in [2.05, 4.69) is 13.8 Å². The van der Waals surface area contributed by atoms with Gasteiger partial charge in [-0.15, -0.1) is 0 Å². The molecule has 0 aromatic rings. The normalized spacial score (nSPS) is 15.6. The van der Waals surface area contributed by atoms with Gasteiger partial charge in [-0.1, -0.05) is 97.3 Å². The summed E-state index contributed by atoms with van der Waals surface area (Å²) >= 11 is 0. The van der Waals surface area contributed by atoms with Crippen molar-refractivity contribution in [3.8, 4) is 0 Å². The molecule has 0 unspecified atom stereocenters. The Morgan fingerprint density at radius 3 is 1.00 bits per heavy atom. The molecule has 0 amide bonds. The monoisotopic (exact) mass is 212 g/mol. The number of hydrogen-bond donors (Lipinski definition) is 0. The number of unbranched alkanes of at least 4 members (excludes halogenated alkanes) is 6. The van der Waals surface area contributed by atoms with Crippen LogP contribution in [0.4, 0.5) is 0 Å². The number of hydrogen-bond acceptors (Lipinski definition) is 0. The molecule has 0 bridgehead atoms. The third kappa shape index (κ3) is 14.0. The molecule has 0 spiro atoms. The average Bonchev–Trinajstić information content (AvgIpc) is 2.32. The van der Waals surface area contributed by atoms with Gasteiger partial charge in [-0.3, -0.25) is 0 Å². The fourth-order valence-corrected chi connectivity index (χ4v) is 2.09. The van der Waals surface area contributed by atoms with E-state index < -0.39 is 0 Å². The summed E-state index contributed by atoms with van der Waals surface area (Å²) < 4.78 is 0. The second-order valence-electron chi connectivity index (χ2n) is 4.89.